The van der Waals surface area contributed by atoms with Crippen molar-refractivity contribution >= 4 is 23.1 Å². The minimum absolute atomic E-state index is 0.105. The third-order valence-electron chi connectivity index (χ3n) is 5.33. The topological polar surface area (TPSA) is 70.9 Å². The van der Waals surface area contributed by atoms with Crippen LogP contribution in [0.4, 0.5) is 24.5 Å². The largest absolute Gasteiger partial charge is 0.416 e. The normalized spacial score (nSPS) is 13.4. The third-order valence-corrected chi connectivity index (χ3v) is 5.33. The van der Waals surface area contributed by atoms with Crippen LogP contribution in [0, 0.1) is 13.8 Å². The second-order valence-corrected chi connectivity index (χ2v) is 7.58. The van der Waals surface area contributed by atoms with E-state index < -0.39 is 11.7 Å². The van der Waals surface area contributed by atoms with Gasteiger partial charge < -0.3 is 5.32 Å². The van der Waals surface area contributed by atoms with Gasteiger partial charge in [-0.1, -0.05) is 12.1 Å². The molecule has 1 amide bonds. The molecule has 0 unspecified atom stereocenters. The van der Waals surface area contributed by atoms with E-state index in [1.54, 1.807) is 40.1 Å². The Morgan fingerprint density at radius 1 is 1.09 bits per heavy atom. The molecule has 33 heavy (non-hydrogen) atoms. The zero-order valence-corrected chi connectivity index (χ0v) is 18.2. The van der Waals surface area contributed by atoms with E-state index in [1.807, 2.05) is 19.9 Å². The molecule has 1 aliphatic rings. The van der Waals surface area contributed by atoms with Crippen LogP contribution < -0.4 is 15.8 Å². The minimum Gasteiger partial charge on any atom is -0.338 e. The second-order valence-electron chi connectivity index (χ2n) is 7.58. The number of hydroxylamine groups is 1. The maximum Gasteiger partial charge on any atom is 0.416 e. The molecule has 2 N–H and O–H groups in total. The molecule has 0 saturated heterocycles. The summed E-state index contributed by atoms with van der Waals surface area (Å²) in [6, 6.07) is 12.2. The number of fused-ring (bicyclic) bond motifs is 1. The molecule has 1 aromatic heterocycles. The van der Waals surface area contributed by atoms with Crippen molar-refractivity contribution in [3.8, 4) is 0 Å². The van der Waals surface area contributed by atoms with E-state index in [4.69, 9.17) is 4.84 Å². The Bertz CT molecular complexity index is 1230. The first kappa shape index (κ1) is 22.4. The van der Waals surface area contributed by atoms with Crippen molar-refractivity contribution < 1.29 is 22.8 Å². The minimum atomic E-state index is -4.44. The lowest BCUT2D eigenvalue weighted by molar-refractivity contribution is -0.137. The number of alkyl halides is 3. The maximum absolute atomic E-state index is 13.2. The van der Waals surface area contributed by atoms with Crippen LogP contribution in [0.25, 0.3) is 0 Å². The highest BCUT2D eigenvalue weighted by molar-refractivity contribution is 6.09. The molecule has 4 rings (SSSR count). The Kier molecular flexibility index (Phi) is 5.86. The molecule has 0 aliphatic carbocycles. The van der Waals surface area contributed by atoms with Crippen LogP contribution in [0.3, 0.4) is 0 Å². The fraction of sp³-hybridized carbons (Fsp3) is 0.217. The molecule has 0 spiro atoms. The summed E-state index contributed by atoms with van der Waals surface area (Å²) in [5.74, 6) is 0.162. The number of hydrogen-bond acceptors (Lipinski definition) is 5. The number of anilines is 2. The lowest BCUT2D eigenvalue weighted by Gasteiger charge is -2.31. The first-order valence-electron chi connectivity index (χ1n) is 10.1. The maximum atomic E-state index is 13.2. The van der Waals surface area contributed by atoms with Crippen LogP contribution in [-0.4, -0.2) is 30.2 Å². The molecule has 2 heterocycles. The molecule has 2 aromatic carbocycles. The smallest absolute Gasteiger partial charge is 0.338 e. The first-order valence-corrected chi connectivity index (χ1v) is 10.1. The van der Waals surface area contributed by atoms with E-state index >= 15 is 0 Å². The highest BCUT2D eigenvalue weighted by Crippen LogP contribution is 2.33. The van der Waals surface area contributed by atoms with Crippen molar-refractivity contribution in [2.75, 3.05) is 24.1 Å². The van der Waals surface area contributed by atoms with Crippen LogP contribution in [0.15, 0.2) is 59.7 Å². The van der Waals surface area contributed by atoms with Crippen LogP contribution in [-0.2, 0) is 11.0 Å². The highest BCUT2D eigenvalue weighted by atomic mass is 19.4. The van der Waals surface area contributed by atoms with Crippen LogP contribution in [0.5, 0.6) is 0 Å². The molecule has 1 aliphatic heterocycles. The van der Waals surface area contributed by atoms with Crippen molar-refractivity contribution in [1.82, 2.24) is 10.2 Å². The molecule has 10 heteroatoms. The fourth-order valence-electron chi connectivity index (χ4n) is 3.62. The zero-order chi connectivity index (χ0) is 23.8. The van der Waals surface area contributed by atoms with Crippen molar-refractivity contribution in [1.29, 1.82) is 0 Å². The van der Waals surface area contributed by atoms with Gasteiger partial charge in [0, 0.05) is 17.4 Å². The number of benzene rings is 2. The van der Waals surface area contributed by atoms with E-state index in [-0.39, 0.29) is 12.6 Å². The number of carbonyl (C=O) groups is 1. The number of aromatic nitrogens is 1. The lowest BCUT2D eigenvalue weighted by atomic mass is 10.1. The summed E-state index contributed by atoms with van der Waals surface area (Å²) in [7, 11) is 1.36. The Labute approximate surface area is 188 Å². The van der Waals surface area contributed by atoms with E-state index in [0.717, 1.165) is 23.3 Å². The average Bonchev–Trinajstić information content (AvgIpc) is 3.17. The van der Waals surface area contributed by atoms with Gasteiger partial charge in [0.15, 0.2) is 5.84 Å². The molecule has 7 nitrogen and oxygen atoms in total. The van der Waals surface area contributed by atoms with Crippen LogP contribution in [0.1, 0.15) is 32.7 Å². The predicted molar refractivity (Wildman–Crippen MR) is 119 cm³/mol. The van der Waals surface area contributed by atoms with E-state index in [0.29, 0.717) is 28.5 Å². The third kappa shape index (κ3) is 4.42. The second kappa shape index (κ2) is 8.62. The summed E-state index contributed by atoms with van der Waals surface area (Å²) in [4.78, 5) is 21.4. The molecular weight excluding hydrogens is 435 g/mol. The highest BCUT2D eigenvalue weighted by Gasteiger charge is 2.31. The van der Waals surface area contributed by atoms with Gasteiger partial charge in [0.25, 0.3) is 5.91 Å². The summed E-state index contributed by atoms with van der Waals surface area (Å²) in [5, 5.41) is 4.94. The molecule has 0 saturated carbocycles. The van der Waals surface area contributed by atoms with Gasteiger partial charge in [-0.15, -0.1) is 0 Å². The van der Waals surface area contributed by atoms with Crippen LogP contribution >= 0.6 is 0 Å². The van der Waals surface area contributed by atoms with Crippen molar-refractivity contribution in [3.63, 3.8) is 0 Å². The van der Waals surface area contributed by atoms with Crippen molar-refractivity contribution in [2.45, 2.75) is 20.0 Å². The number of carbonyl (C=O) groups excluding carboxylic acids is 1. The monoisotopic (exact) mass is 457 g/mol. The Morgan fingerprint density at radius 3 is 2.61 bits per heavy atom. The van der Waals surface area contributed by atoms with E-state index in [9.17, 15) is 18.0 Å². The average molecular weight is 457 g/mol. The van der Waals surface area contributed by atoms with E-state index in [1.165, 1.54) is 13.2 Å². The molecule has 0 atom stereocenters. The number of amides is 1. The number of nitrogens with one attached hydrogen (secondary N) is 2. The molecule has 0 fully saturated rings. The molecule has 172 valence electrons. The number of amidine groups is 1. The summed E-state index contributed by atoms with van der Waals surface area (Å²) in [5.41, 5.74) is 5.51. The fourth-order valence-corrected chi connectivity index (χ4v) is 3.62. The quantitative estimate of drug-likeness (QED) is 0.566. The van der Waals surface area contributed by atoms with Crippen molar-refractivity contribution in [3.05, 3.63) is 82.7 Å². The van der Waals surface area contributed by atoms with Gasteiger partial charge in [0.2, 0.25) is 0 Å². The number of rotatable bonds is 4. The molecule has 3 aromatic rings. The molecule has 0 radical (unpaired) electrons. The van der Waals surface area contributed by atoms with Gasteiger partial charge in [-0.25, -0.2) is 10.5 Å². The SMILES string of the molecule is CONC(=O)c1ccc(C)c(NC2=NCN(c3cccc(C(F)(F)F)c3)n3ccc(C)c32)c1. The van der Waals surface area contributed by atoms with Gasteiger partial charge in [-0.05, 0) is 61.4 Å². The number of hydrogen-bond donors (Lipinski definition) is 2. The Morgan fingerprint density at radius 2 is 1.88 bits per heavy atom. The number of nitrogens with zero attached hydrogens (tertiary/aromatic N) is 3. The van der Waals surface area contributed by atoms with Gasteiger partial charge in [-0.3, -0.25) is 19.3 Å². The van der Waals surface area contributed by atoms with Gasteiger partial charge in [0.05, 0.1) is 18.4 Å². The number of halogens is 3. The Hall–Kier alpha value is -3.79. The first-order chi connectivity index (χ1) is 15.7. The molecular formula is C23H22F3N5O2. The van der Waals surface area contributed by atoms with Gasteiger partial charge in [-0.2, -0.15) is 13.2 Å². The van der Waals surface area contributed by atoms with Gasteiger partial charge >= 0.3 is 6.18 Å². The number of aliphatic imine (C=N–C) groups is 1. The summed E-state index contributed by atoms with van der Waals surface area (Å²) < 4.78 is 41.4. The molecule has 0 bridgehead atoms. The summed E-state index contributed by atoms with van der Waals surface area (Å²) in [6.07, 6.45) is -2.65. The Balaban J connectivity index is 1.68. The summed E-state index contributed by atoms with van der Waals surface area (Å²) in [6.45, 7) is 3.90. The lowest BCUT2D eigenvalue weighted by Crippen LogP contribution is -2.38. The van der Waals surface area contributed by atoms with E-state index in [2.05, 4.69) is 15.8 Å². The van der Waals surface area contributed by atoms with Crippen molar-refractivity contribution in [2.24, 2.45) is 4.99 Å². The zero-order valence-electron chi connectivity index (χ0n) is 18.2. The number of aryl methyl sites for hydroxylation is 2. The summed E-state index contributed by atoms with van der Waals surface area (Å²) >= 11 is 0. The van der Waals surface area contributed by atoms with Gasteiger partial charge in [0.1, 0.15) is 12.4 Å². The standard InChI is InChI=1S/C23H22F3N5O2/c1-14-7-8-16(22(32)29-33-3)11-19(14)28-21-20-15(2)9-10-30(20)31(13-27-21)18-6-4-5-17(12-18)23(24,25)26/h4-12H,13H2,1-3H3,(H,27,28)(H,29,32). The van der Waals surface area contributed by atoms with Crippen LogP contribution in [0.2, 0.25) is 0 Å². The predicted octanol–water partition coefficient (Wildman–Crippen LogP) is 4.51.